The van der Waals surface area contributed by atoms with E-state index in [-0.39, 0.29) is 56.6 Å². The van der Waals surface area contributed by atoms with Gasteiger partial charge >= 0.3 is 0 Å². The summed E-state index contributed by atoms with van der Waals surface area (Å²) in [4.78, 5) is 27.7. The van der Waals surface area contributed by atoms with Crippen LogP contribution in [0.1, 0.15) is 99.3 Å². The van der Waals surface area contributed by atoms with Crippen molar-refractivity contribution in [2.24, 2.45) is 44.8 Å². The second-order valence-corrected chi connectivity index (χ2v) is 15.2. The third-order valence-corrected chi connectivity index (χ3v) is 12.6. The van der Waals surface area contributed by atoms with Crippen LogP contribution in [-0.4, -0.2) is 21.8 Å². The van der Waals surface area contributed by atoms with Crippen LogP contribution in [0, 0.1) is 56.2 Å². The van der Waals surface area contributed by atoms with E-state index in [9.17, 15) is 14.9 Å². The molecule has 0 aromatic carbocycles. The Balaban J connectivity index is 1.54. The van der Waals surface area contributed by atoms with Crippen molar-refractivity contribution in [2.45, 2.75) is 98.8 Å². The Morgan fingerprint density at radius 1 is 1.00 bits per heavy atom. The van der Waals surface area contributed by atoms with Crippen LogP contribution < -0.4 is 0 Å². The van der Waals surface area contributed by atoms with Gasteiger partial charge in [0.2, 0.25) is 12.3 Å². The first-order chi connectivity index (χ1) is 17.7. The number of fused-ring (bicyclic) bond motifs is 7. The Morgan fingerprint density at radius 2 is 1.71 bits per heavy atom. The molecule has 6 nitrogen and oxygen atoms in total. The molecule has 6 heteroatoms. The van der Waals surface area contributed by atoms with Crippen molar-refractivity contribution in [3.63, 3.8) is 0 Å². The second kappa shape index (κ2) is 7.55. The van der Waals surface area contributed by atoms with Crippen LogP contribution in [-0.2, 0) is 15.0 Å². The number of carbonyl (C=O) groups excluding carboxylic acids is 2. The Hall–Kier alpha value is -2.55. The summed E-state index contributed by atoms with van der Waals surface area (Å²) < 4.78 is 5.91. The van der Waals surface area contributed by atoms with Crippen LogP contribution in [0.4, 0.5) is 0 Å². The van der Waals surface area contributed by atoms with E-state index in [1.807, 2.05) is 26.0 Å². The number of nitrogens with zero attached hydrogens (tertiary/aromatic N) is 3. The van der Waals surface area contributed by atoms with Gasteiger partial charge in [0, 0.05) is 16.7 Å². The number of ketones is 2. The summed E-state index contributed by atoms with van der Waals surface area (Å²) in [7, 11) is 0. The molecule has 38 heavy (non-hydrogen) atoms. The van der Waals surface area contributed by atoms with Crippen molar-refractivity contribution in [1.29, 1.82) is 5.26 Å². The molecule has 0 amide bonds. The maximum absolute atomic E-state index is 14.5. The lowest BCUT2D eigenvalue weighted by atomic mass is 9.34. The third kappa shape index (κ3) is 2.94. The van der Waals surface area contributed by atoms with Crippen LogP contribution in [0.5, 0.6) is 0 Å². The fraction of sp³-hybridized carbons (Fsp3) is 0.719. The Bertz CT molecular complexity index is 1330. The third-order valence-electron chi connectivity index (χ3n) is 12.6. The molecule has 5 aliphatic carbocycles. The summed E-state index contributed by atoms with van der Waals surface area (Å²) in [5.74, 6) is 0.903. The minimum absolute atomic E-state index is 0.0570. The van der Waals surface area contributed by atoms with Gasteiger partial charge in [-0.25, -0.2) is 0 Å². The van der Waals surface area contributed by atoms with Gasteiger partial charge < -0.3 is 4.42 Å². The van der Waals surface area contributed by atoms with Gasteiger partial charge in [0.05, 0.1) is 11.0 Å². The molecule has 1 unspecified atom stereocenters. The maximum atomic E-state index is 14.5. The molecule has 0 aliphatic heterocycles. The van der Waals surface area contributed by atoms with Gasteiger partial charge in [0.1, 0.15) is 6.07 Å². The standard InChI is InChI=1S/C32H41N3O3/c1-27(2)10-12-32(26-35-34-18-38-26)13-11-31(7)24(20(32)16-27)21(36)14-23-29(5)15-19(17-33)25(37)28(3,4)22(29)8-9-30(23,31)6/h14-15,18,20,22,24H,8-13,16H2,1-7H3/t20?,22-,24+,29-,30+,31+,32-/m0/s1. The second-order valence-electron chi connectivity index (χ2n) is 15.2. The SMILES string of the molecule is CC1(C)CC[C@]2(c3nnco3)CC[C@]3(C)[C@@H](C(=O)C=C4[C@@]5(C)C=C(C#N)C(=O)C(C)(C)[C@@H]5CC[C@]43C)C2C1. The molecular weight excluding hydrogens is 474 g/mol. The van der Waals surface area contributed by atoms with E-state index in [0.29, 0.717) is 5.89 Å². The number of Topliss-reactive ketones (excluding diaryl/α,β-unsaturated/α-hetero) is 1. The largest absolute Gasteiger partial charge is 0.427 e. The molecule has 1 heterocycles. The van der Waals surface area contributed by atoms with Gasteiger partial charge in [-0.3, -0.25) is 9.59 Å². The smallest absolute Gasteiger partial charge is 0.222 e. The molecule has 0 saturated heterocycles. The fourth-order valence-corrected chi connectivity index (χ4v) is 10.4. The first-order valence-electron chi connectivity index (χ1n) is 14.4. The Kier molecular flexibility index (Phi) is 5.11. The maximum Gasteiger partial charge on any atom is 0.222 e. The van der Waals surface area contributed by atoms with Crippen LogP contribution in [0.2, 0.25) is 0 Å². The summed E-state index contributed by atoms with van der Waals surface area (Å²) in [5, 5.41) is 18.4. The molecule has 0 N–H and O–H groups in total. The highest BCUT2D eigenvalue weighted by Gasteiger charge is 2.70. The highest BCUT2D eigenvalue weighted by molar-refractivity contribution is 6.04. The Labute approximate surface area is 226 Å². The summed E-state index contributed by atoms with van der Waals surface area (Å²) in [6, 6.07) is 2.20. The van der Waals surface area contributed by atoms with Crippen molar-refractivity contribution in [2.75, 3.05) is 0 Å². The van der Waals surface area contributed by atoms with Gasteiger partial charge in [-0.15, -0.1) is 10.2 Å². The average Bonchev–Trinajstić information content (AvgIpc) is 3.38. The highest BCUT2D eigenvalue weighted by atomic mass is 16.4. The van der Waals surface area contributed by atoms with Gasteiger partial charge in [0.15, 0.2) is 11.6 Å². The van der Waals surface area contributed by atoms with E-state index >= 15 is 0 Å². The molecule has 3 fully saturated rings. The van der Waals surface area contributed by atoms with Crippen LogP contribution >= 0.6 is 0 Å². The van der Waals surface area contributed by atoms with Crippen LogP contribution in [0.3, 0.4) is 0 Å². The molecule has 0 bridgehead atoms. The van der Waals surface area contributed by atoms with E-state index in [0.717, 1.165) is 50.5 Å². The molecule has 3 saturated carbocycles. The van der Waals surface area contributed by atoms with E-state index in [1.165, 1.54) is 6.39 Å². The molecule has 6 rings (SSSR count). The monoisotopic (exact) mass is 515 g/mol. The van der Waals surface area contributed by atoms with Gasteiger partial charge in [-0.05, 0) is 79.1 Å². The zero-order valence-corrected chi connectivity index (χ0v) is 24.0. The fourth-order valence-electron chi connectivity index (χ4n) is 10.4. The number of nitriles is 1. The first-order valence-corrected chi connectivity index (χ1v) is 14.4. The van der Waals surface area contributed by atoms with E-state index in [2.05, 4.69) is 50.9 Å². The summed E-state index contributed by atoms with van der Waals surface area (Å²) in [6.45, 7) is 15.5. The number of aromatic nitrogens is 2. The summed E-state index contributed by atoms with van der Waals surface area (Å²) >= 11 is 0. The molecule has 1 aromatic rings. The van der Waals surface area contributed by atoms with Crippen molar-refractivity contribution >= 4 is 11.6 Å². The molecule has 5 aliphatic rings. The molecule has 0 radical (unpaired) electrons. The van der Waals surface area contributed by atoms with Crippen molar-refractivity contribution < 1.29 is 14.0 Å². The molecule has 7 atom stereocenters. The molecular formula is C32H41N3O3. The zero-order valence-electron chi connectivity index (χ0n) is 24.0. The van der Waals surface area contributed by atoms with Crippen molar-refractivity contribution in [3.05, 3.63) is 35.6 Å². The van der Waals surface area contributed by atoms with Gasteiger partial charge in [-0.2, -0.15) is 5.26 Å². The lowest BCUT2D eigenvalue weighted by Crippen LogP contribution is -2.65. The van der Waals surface area contributed by atoms with Gasteiger partial charge in [0.25, 0.3) is 0 Å². The molecule has 1 aromatic heterocycles. The Morgan fingerprint density at radius 3 is 2.37 bits per heavy atom. The van der Waals surface area contributed by atoms with Crippen molar-refractivity contribution in [1.82, 2.24) is 10.2 Å². The average molecular weight is 516 g/mol. The highest BCUT2D eigenvalue weighted by Crippen LogP contribution is 2.74. The topological polar surface area (TPSA) is 96.8 Å². The van der Waals surface area contributed by atoms with E-state index < -0.39 is 10.8 Å². The molecule has 0 spiro atoms. The minimum atomic E-state index is -0.648. The quantitative estimate of drug-likeness (QED) is 0.421. The number of carbonyl (C=O) groups is 2. The normalized spacial score (nSPS) is 44.9. The number of hydrogen-bond acceptors (Lipinski definition) is 6. The van der Waals surface area contributed by atoms with Gasteiger partial charge in [-0.1, -0.05) is 60.1 Å². The van der Waals surface area contributed by atoms with Crippen molar-refractivity contribution in [3.8, 4) is 6.07 Å². The minimum Gasteiger partial charge on any atom is -0.427 e. The number of rotatable bonds is 1. The summed E-state index contributed by atoms with van der Waals surface area (Å²) in [5.41, 5.74) is -0.355. The summed E-state index contributed by atoms with van der Waals surface area (Å²) in [6.07, 6.45) is 12.0. The van der Waals surface area contributed by atoms with E-state index in [1.54, 1.807) is 0 Å². The van der Waals surface area contributed by atoms with Crippen LogP contribution in [0.15, 0.2) is 34.1 Å². The number of allylic oxidation sites excluding steroid dienone is 4. The zero-order chi connectivity index (χ0) is 27.5. The predicted octanol–water partition coefficient (Wildman–Crippen LogP) is 6.54. The van der Waals surface area contributed by atoms with E-state index in [4.69, 9.17) is 4.42 Å². The predicted molar refractivity (Wildman–Crippen MR) is 142 cm³/mol. The lowest BCUT2D eigenvalue weighted by Gasteiger charge is -2.68. The van der Waals surface area contributed by atoms with Crippen LogP contribution in [0.25, 0.3) is 0 Å². The lowest BCUT2D eigenvalue weighted by molar-refractivity contribution is -0.161. The molecule has 202 valence electrons. The first kappa shape index (κ1) is 25.7. The number of hydrogen-bond donors (Lipinski definition) is 0.